The Morgan fingerprint density at radius 2 is 1.97 bits per heavy atom. The van der Waals surface area contributed by atoms with Crippen LogP contribution in [0.5, 0.6) is 0 Å². The lowest BCUT2D eigenvalue weighted by atomic mass is 10.3. The summed E-state index contributed by atoms with van der Waals surface area (Å²) >= 11 is 0. The van der Waals surface area contributed by atoms with E-state index in [4.69, 9.17) is 0 Å². The highest BCUT2D eigenvalue weighted by Gasteiger charge is 2.26. The molecule has 0 spiro atoms. The maximum Gasteiger partial charge on any atom is 0.278 e. The standard InChI is InChI=1S/C22H20FN7O2/c1-24-19-11-18(28-20-16(12-25-30(19)20)21(31)26-14-6-7-14)27-17-3-2-10-29(22(17)32)15-8-4-13(23)5-9-15/h2-5,8-12,14,24H,6-7H2,1H3,(H,26,31)(H,27,28). The number of anilines is 3. The van der Waals surface area contributed by atoms with E-state index in [0.717, 1.165) is 12.8 Å². The Morgan fingerprint density at radius 3 is 2.69 bits per heavy atom. The summed E-state index contributed by atoms with van der Waals surface area (Å²) < 4.78 is 16.2. The number of rotatable bonds is 6. The van der Waals surface area contributed by atoms with Crippen molar-refractivity contribution in [3.05, 3.63) is 76.6 Å². The molecule has 0 unspecified atom stereocenters. The molecule has 1 aliphatic carbocycles. The minimum atomic E-state index is -0.379. The Kier molecular flexibility index (Phi) is 4.81. The fourth-order valence-corrected chi connectivity index (χ4v) is 3.39. The van der Waals surface area contributed by atoms with Gasteiger partial charge in [-0.2, -0.15) is 9.61 Å². The molecule has 0 saturated heterocycles. The average molecular weight is 433 g/mol. The van der Waals surface area contributed by atoms with Crippen molar-refractivity contribution in [1.29, 1.82) is 0 Å². The molecule has 0 atom stereocenters. The van der Waals surface area contributed by atoms with E-state index < -0.39 is 0 Å². The molecule has 0 bridgehead atoms. The zero-order valence-electron chi connectivity index (χ0n) is 17.2. The normalized spacial score (nSPS) is 13.2. The summed E-state index contributed by atoms with van der Waals surface area (Å²) in [6, 6.07) is 10.9. The van der Waals surface area contributed by atoms with Crippen molar-refractivity contribution in [2.75, 3.05) is 17.7 Å². The van der Waals surface area contributed by atoms with Crippen molar-refractivity contribution >= 4 is 28.9 Å². The number of carbonyl (C=O) groups excluding carboxylic acids is 1. The molecule has 0 aliphatic heterocycles. The fourth-order valence-electron chi connectivity index (χ4n) is 3.39. The summed E-state index contributed by atoms with van der Waals surface area (Å²) in [5, 5.41) is 13.3. The van der Waals surface area contributed by atoms with Gasteiger partial charge in [0.05, 0.1) is 6.20 Å². The lowest BCUT2D eigenvalue weighted by Crippen LogP contribution is -2.25. The lowest BCUT2D eigenvalue weighted by Gasteiger charge is -2.12. The number of aromatic nitrogens is 4. The summed E-state index contributed by atoms with van der Waals surface area (Å²) in [5.74, 6) is 0.359. The number of pyridine rings is 1. The Hall–Kier alpha value is -4.21. The van der Waals surface area contributed by atoms with Crippen LogP contribution >= 0.6 is 0 Å². The zero-order valence-corrected chi connectivity index (χ0v) is 17.2. The second-order valence-electron chi connectivity index (χ2n) is 7.52. The third kappa shape index (κ3) is 3.66. The molecule has 3 N–H and O–H groups in total. The molecule has 9 nitrogen and oxygen atoms in total. The topological polar surface area (TPSA) is 105 Å². The van der Waals surface area contributed by atoms with Gasteiger partial charge in [0, 0.05) is 31.0 Å². The molecule has 10 heteroatoms. The number of halogens is 1. The number of hydrogen-bond donors (Lipinski definition) is 3. The van der Waals surface area contributed by atoms with Crippen LogP contribution in [-0.4, -0.2) is 38.2 Å². The fraction of sp³-hybridized carbons (Fsp3) is 0.182. The molecular weight excluding hydrogens is 413 g/mol. The predicted octanol–water partition coefficient (Wildman–Crippen LogP) is 2.70. The molecule has 1 aromatic carbocycles. The van der Waals surface area contributed by atoms with Crippen LogP contribution in [0.25, 0.3) is 11.3 Å². The minimum Gasteiger partial charge on any atom is -0.373 e. The van der Waals surface area contributed by atoms with E-state index in [9.17, 15) is 14.0 Å². The molecule has 1 saturated carbocycles. The minimum absolute atomic E-state index is 0.205. The lowest BCUT2D eigenvalue weighted by molar-refractivity contribution is 0.0952. The number of benzene rings is 1. The van der Waals surface area contributed by atoms with Gasteiger partial charge in [0.15, 0.2) is 5.65 Å². The van der Waals surface area contributed by atoms with Crippen LogP contribution in [0.4, 0.5) is 21.7 Å². The number of carbonyl (C=O) groups is 1. The van der Waals surface area contributed by atoms with Crippen molar-refractivity contribution in [3.8, 4) is 5.69 Å². The predicted molar refractivity (Wildman–Crippen MR) is 118 cm³/mol. The first-order chi connectivity index (χ1) is 15.5. The van der Waals surface area contributed by atoms with Crippen LogP contribution in [0.2, 0.25) is 0 Å². The molecule has 1 aliphatic rings. The van der Waals surface area contributed by atoms with E-state index in [0.29, 0.717) is 28.5 Å². The van der Waals surface area contributed by atoms with Gasteiger partial charge in [-0.05, 0) is 49.2 Å². The van der Waals surface area contributed by atoms with E-state index in [1.165, 1.54) is 39.5 Å². The largest absolute Gasteiger partial charge is 0.373 e. The first-order valence-electron chi connectivity index (χ1n) is 10.2. The van der Waals surface area contributed by atoms with Gasteiger partial charge in [0.1, 0.15) is 28.7 Å². The monoisotopic (exact) mass is 433 g/mol. The molecule has 162 valence electrons. The van der Waals surface area contributed by atoms with Crippen molar-refractivity contribution in [2.45, 2.75) is 18.9 Å². The molecule has 3 aromatic heterocycles. The Bertz CT molecular complexity index is 1370. The first kappa shape index (κ1) is 19.7. The van der Waals surface area contributed by atoms with Crippen LogP contribution < -0.4 is 21.5 Å². The van der Waals surface area contributed by atoms with Gasteiger partial charge in [-0.25, -0.2) is 9.37 Å². The van der Waals surface area contributed by atoms with Crippen LogP contribution in [0, 0.1) is 5.82 Å². The second-order valence-corrected chi connectivity index (χ2v) is 7.52. The summed E-state index contributed by atoms with van der Waals surface area (Å²) in [7, 11) is 1.73. The van der Waals surface area contributed by atoms with Gasteiger partial charge >= 0.3 is 0 Å². The maximum absolute atomic E-state index is 13.3. The van der Waals surface area contributed by atoms with Gasteiger partial charge in [0.25, 0.3) is 11.5 Å². The molecule has 5 rings (SSSR count). The van der Waals surface area contributed by atoms with Crippen molar-refractivity contribution in [2.24, 2.45) is 0 Å². The van der Waals surface area contributed by atoms with E-state index >= 15 is 0 Å². The highest BCUT2D eigenvalue weighted by Crippen LogP contribution is 2.23. The molecule has 1 fully saturated rings. The summed E-state index contributed by atoms with van der Waals surface area (Å²) in [6.45, 7) is 0. The van der Waals surface area contributed by atoms with E-state index in [1.54, 1.807) is 31.4 Å². The third-order valence-corrected chi connectivity index (χ3v) is 5.20. The smallest absolute Gasteiger partial charge is 0.278 e. The number of hydrogen-bond acceptors (Lipinski definition) is 6. The second kappa shape index (κ2) is 7.80. The Morgan fingerprint density at radius 1 is 1.19 bits per heavy atom. The average Bonchev–Trinajstić information content (AvgIpc) is 3.50. The van der Waals surface area contributed by atoms with Crippen molar-refractivity contribution in [3.63, 3.8) is 0 Å². The Balaban J connectivity index is 1.52. The number of nitrogens with zero attached hydrogens (tertiary/aromatic N) is 4. The van der Waals surface area contributed by atoms with Crippen LogP contribution in [0.15, 0.2) is 59.7 Å². The van der Waals surface area contributed by atoms with Gasteiger partial charge in [0.2, 0.25) is 0 Å². The van der Waals surface area contributed by atoms with Gasteiger partial charge in [-0.15, -0.1) is 0 Å². The van der Waals surface area contributed by atoms with Gasteiger partial charge < -0.3 is 16.0 Å². The molecule has 32 heavy (non-hydrogen) atoms. The quantitative estimate of drug-likeness (QED) is 0.432. The highest BCUT2D eigenvalue weighted by atomic mass is 19.1. The number of amides is 1. The molecular formula is C22H20FN7O2. The first-order valence-corrected chi connectivity index (χ1v) is 10.2. The van der Waals surface area contributed by atoms with Crippen LogP contribution in [-0.2, 0) is 0 Å². The maximum atomic E-state index is 13.3. The molecule has 1 amide bonds. The number of nitrogens with one attached hydrogen (secondary N) is 3. The summed E-state index contributed by atoms with van der Waals surface area (Å²) in [4.78, 5) is 30.1. The summed E-state index contributed by atoms with van der Waals surface area (Å²) in [5.41, 5.74) is 1.21. The van der Waals surface area contributed by atoms with E-state index in [2.05, 4.69) is 26.0 Å². The zero-order chi connectivity index (χ0) is 22.2. The van der Waals surface area contributed by atoms with Crippen molar-refractivity contribution < 1.29 is 9.18 Å². The number of fused-ring (bicyclic) bond motifs is 1. The van der Waals surface area contributed by atoms with E-state index in [1.807, 2.05) is 0 Å². The molecule has 0 radical (unpaired) electrons. The van der Waals surface area contributed by atoms with Gasteiger partial charge in [-0.1, -0.05) is 0 Å². The highest BCUT2D eigenvalue weighted by molar-refractivity contribution is 6.00. The van der Waals surface area contributed by atoms with Crippen molar-refractivity contribution in [1.82, 2.24) is 24.5 Å². The van der Waals surface area contributed by atoms with Gasteiger partial charge in [-0.3, -0.25) is 14.2 Å². The third-order valence-electron chi connectivity index (χ3n) is 5.20. The van der Waals surface area contributed by atoms with Crippen LogP contribution in [0.3, 0.4) is 0 Å². The molecule has 4 aromatic rings. The SMILES string of the molecule is CNc1cc(Nc2cccn(-c3ccc(F)cc3)c2=O)nc2c(C(=O)NC3CC3)cnn12. The summed E-state index contributed by atoms with van der Waals surface area (Å²) in [6.07, 6.45) is 5.03. The van der Waals surface area contributed by atoms with E-state index in [-0.39, 0.29) is 29.0 Å². The van der Waals surface area contributed by atoms with Crippen LogP contribution in [0.1, 0.15) is 23.2 Å². The Labute approximate surface area is 181 Å². The molecule has 3 heterocycles.